The molecule has 114 valence electrons. The highest BCUT2D eigenvalue weighted by molar-refractivity contribution is 6.47. The lowest BCUT2D eigenvalue weighted by molar-refractivity contribution is 0.00578. The Labute approximate surface area is 126 Å². The maximum Gasteiger partial charge on any atom is 0.483 e. The van der Waals surface area contributed by atoms with E-state index in [1.807, 2.05) is 46.8 Å². The van der Waals surface area contributed by atoms with E-state index in [1.165, 1.54) is 0 Å². The van der Waals surface area contributed by atoms with Crippen LogP contribution in [0.2, 0.25) is 0 Å². The summed E-state index contributed by atoms with van der Waals surface area (Å²) in [5.41, 5.74) is 7.71. The SMILES string of the molecule is CC(B1OC(C)(C)C(C)(C)O1)N(Cc1ccncc1)N=N. The highest BCUT2D eigenvalue weighted by atomic mass is 16.7. The molecule has 1 atom stereocenters. The molecule has 0 amide bonds. The van der Waals surface area contributed by atoms with Crippen LogP contribution in [0.5, 0.6) is 0 Å². The number of hydrogen-bond acceptors (Lipinski definition) is 5. The van der Waals surface area contributed by atoms with Crippen molar-refractivity contribution in [1.29, 1.82) is 5.53 Å². The quantitative estimate of drug-likeness (QED) is 0.514. The van der Waals surface area contributed by atoms with Gasteiger partial charge in [-0.05, 0) is 52.3 Å². The van der Waals surface area contributed by atoms with Crippen LogP contribution in [-0.2, 0) is 15.9 Å². The zero-order valence-corrected chi connectivity index (χ0v) is 13.3. The first-order valence-electron chi connectivity index (χ1n) is 7.15. The monoisotopic (exact) mass is 290 g/mol. The molecule has 2 heterocycles. The first-order chi connectivity index (χ1) is 9.77. The van der Waals surface area contributed by atoms with Gasteiger partial charge in [0.05, 0.1) is 23.7 Å². The van der Waals surface area contributed by atoms with Crippen molar-refractivity contribution in [3.63, 3.8) is 0 Å². The summed E-state index contributed by atoms with van der Waals surface area (Å²) in [6.07, 6.45) is 3.47. The smallest absolute Gasteiger partial charge is 0.402 e. The van der Waals surface area contributed by atoms with Gasteiger partial charge in [-0.2, -0.15) is 5.53 Å². The van der Waals surface area contributed by atoms with Gasteiger partial charge >= 0.3 is 7.12 Å². The second-order valence-electron chi connectivity index (χ2n) is 6.42. The van der Waals surface area contributed by atoms with Crippen LogP contribution < -0.4 is 0 Å². The minimum absolute atomic E-state index is 0.156. The van der Waals surface area contributed by atoms with Gasteiger partial charge in [0.1, 0.15) is 0 Å². The number of nitrogens with zero attached hydrogens (tertiary/aromatic N) is 3. The molecule has 1 aliphatic rings. The van der Waals surface area contributed by atoms with Crippen molar-refractivity contribution < 1.29 is 9.31 Å². The second kappa shape index (κ2) is 5.73. The van der Waals surface area contributed by atoms with Crippen molar-refractivity contribution in [2.24, 2.45) is 5.22 Å². The summed E-state index contributed by atoms with van der Waals surface area (Å²) in [4.78, 5) is 3.99. The summed E-state index contributed by atoms with van der Waals surface area (Å²) in [6, 6.07) is 3.82. The average molecular weight is 290 g/mol. The molecule has 0 saturated carbocycles. The molecule has 1 unspecified atom stereocenters. The van der Waals surface area contributed by atoms with Gasteiger partial charge in [0.2, 0.25) is 0 Å². The Kier molecular flexibility index (Phi) is 4.34. The normalized spacial score (nSPS) is 21.1. The Hall–Kier alpha value is -1.47. The zero-order valence-electron chi connectivity index (χ0n) is 13.3. The van der Waals surface area contributed by atoms with E-state index in [0.717, 1.165) is 5.56 Å². The molecule has 0 spiro atoms. The van der Waals surface area contributed by atoms with Crippen LogP contribution >= 0.6 is 0 Å². The van der Waals surface area contributed by atoms with Crippen LogP contribution in [-0.4, -0.2) is 34.3 Å². The van der Waals surface area contributed by atoms with Crippen LogP contribution in [0, 0.1) is 5.53 Å². The maximum absolute atomic E-state index is 7.43. The van der Waals surface area contributed by atoms with Gasteiger partial charge in [0.15, 0.2) is 0 Å². The largest absolute Gasteiger partial charge is 0.483 e. The number of nitrogens with one attached hydrogen (secondary N) is 1. The van der Waals surface area contributed by atoms with E-state index in [0.29, 0.717) is 6.54 Å². The van der Waals surface area contributed by atoms with Gasteiger partial charge in [-0.3, -0.25) is 9.99 Å². The van der Waals surface area contributed by atoms with Crippen molar-refractivity contribution in [2.75, 3.05) is 0 Å². The van der Waals surface area contributed by atoms with Crippen molar-refractivity contribution in [2.45, 2.75) is 58.3 Å². The molecule has 1 N–H and O–H groups in total. The van der Waals surface area contributed by atoms with E-state index >= 15 is 0 Å². The molecular formula is C14H23BN4O2. The lowest BCUT2D eigenvalue weighted by Crippen LogP contribution is -2.43. The van der Waals surface area contributed by atoms with E-state index in [4.69, 9.17) is 14.8 Å². The van der Waals surface area contributed by atoms with Gasteiger partial charge in [-0.15, -0.1) is 0 Å². The van der Waals surface area contributed by atoms with E-state index in [-0.39, 0.29) is 17.1 Å². The molecule has 0 aliphatic carbocycles. The first-order valence-corrected chi connectivity index (χ1v) is 7.15. The third-order valence-corrected chi connectivity index (χ3v) is 4.36. The van der Waals surface area contributed by atoms with E-state index in [1.54, 1.807) is 17.4 Å². The third-order valence-electron chi connectivity index (χ3n) is 4.36. The van der Waals surface area contributed by atoms with Gasteiger partial charge < -0.3 is 9.31 Å². The Balaban J connectivity index is 2.08. The predicted molar refractivity (Wildman–Crippen MR) is 80.5 cm³/mol. The molecule has 1 aromatic heterocycles. The molecule has 1 aliphatic heterocycles. The lowest BCUT2D eigenvalue weighted by atomic mass is 9.79. The minimum atomic E-state index is -0.411. The van der Waals surface area contributed by atoms with Crippen LogP contribution in [0.25, 0.3) is 0 Å². The van der Waals surface area contributed by atoms with Crippen molar-refractivity contribution in [1.82, 2.24) is 9.99 Å². The molecule has 7 heteroatoms. The van der Waals surface area contributed by atoms with Crippen LogP contribution in [0.4, 0.5) is 0 Å². The van der Waals surface area contributed by atoms with Gasteiger partial charge in [-0.25, -0.2) is 0 Å². The summed E-state index contributed by atoms with van der Waals surface area (Å²) in [5.74, 6) is -0.156. The summed E-state index contributed by atoms with van der Waals surface area (Å²) < 4.78 is 12.1. The highest BCUT2D eigenvalue weighted by Crippen LogP contribution is 2.38. The van der Waals surface area contributed by atoms with Gasteiger partial charge in [0, 0.05) is 12.4 Å². The second-order valence-corrected chi connectivity index (χ2v) is 6.42. The van der Waals surface area contributed by atoms with Crippen molar-refractivity contribution in [3.05, 3.63) is 30.1 Å². The Morgan fingerprint density at radius 1 is 1.24 bits per heavy atom. The molecule has 1 fully saturated rings. The maximum atomic E-state index is 7.43. The molecule has 0 aromatic carbocycles. The topological polar surface area (TPSA) is 70.8 Å². The van der Waals surface area contributed by atoms with E-state index in [9.17, 15) is 0 Å². The standard InChI is InChI=1S/C14H23BN4O2/c1-11(15-20-13(2,3)14(4,5)21-15)19(18-16)10-12-6-8-17-9-7-12/h6-9,11,16H,10H2,1-5H3. The Morgan fingerprint density at radius 2 is 1.76 bits per heavy atom. The summed E-state index contributed by atoms with van der Waals surface area (Å²) in [7, 11) is -0.411. The van der Waals surface area contributed by atoms with Crippen LogP contribution in [0.1, 0.15) is 40.2 Å². The highest BCUT2D eigenvalue weighted by Gasteiger charge is 2.54. The molecule has 21 heavy (non-hydrogen) atoms. The number of aromatic nitrogens is 1. The summed E-state index contributed by atoms with van der Waals surface area (Å²) in [6.45, 7) is 10.6. The number of hydrogen-bond donors (Lipinski definition) is 1. The molecule has 0 radical (unpaired) electrons. The Morgan fingerprint density at radius 3 is 2.24 bits per heavy atom. The summed E-state index contributed by atoms with van der Waals surface area (Å²) in [5, 5.41) is 5.29. The fourth-order valence-corrected chi connectivity index (χ4v) is 2.17. The molecule has 1 aromatic rings. The average Bonchev–Trinajstić information content (AvgIpc) is 2.65. The first kappa shape index (κ1) is 15.9. The number of pyridine rings is 1. The fraction of sp³-hybridized carbons (Fsp3) is 0.643. The van der Waals surface area contributed by atoms with E-state index in [2.05, 4.69) is 10.2 Å². The van der Waals surface area contributed by atoms with Crippen molar-refractivity contribution in [3.8, 4) is 0 Å². The predicted octanol–water partition coefficient (Wildman–Crippen LogP) is 2.85. The van der Waals surface area contributed by atoms with Crippen molar-refractivity contribution >= 4 is 7.12 Å². The molecule has 6 nitrogen and oxygen atoms in total. The Bertz CT molecular complexity index is 479. The van der Waals surface area contributed by atoms with Crippen LogP contribution in [0.15, 0.2) is 29.7 Å². The molecule has 0 bridgehead atoms. The molecule has 1 saturated heterocycles. The van der Waals surface area contributed by atoms with Gasteiger partial charge in [-0.1, -0.05) is 5.22 Å². The van der Waals surface area contributed by atoms with Crippen LogP contribution in [0.3, 0.4) is 0 Å². The minimum Gasteiger partial charge on any atom is -0.402 e. The third kappa shape index (κ3) is 3.24. The number of rotatable bonds is 5. The molecular weight excluding hydrogens is 267 g/mol. The molecule has 2 rings (SSSR count). The fourth-order valence-electron chi connectivity index (χ4n) is 2.17. The van der Waals surface area contributed by atoms with Gasteiger partial charge in [0.25, 0.3) is 0 Å². The van der Waals surface area contributed by atoms with E-state index < -0.39 is 7.12 Å². The zero-order chi connectivity index (χ0) is 15.7. The lowest BCUT2D eigenvalue weighted by Gasteiger charge is -2.32. The summed E-state index contributed by atoms with van der Waals surface area (Å²) >= 11 is 0.